The van der Waals surface area contributed by atoms with Gasteiger partial charge in [-0.15, -0.1) is 0 Å². The zero-order valence-electron chi connectivity index (χ0n) is 8.84. The van der Waals surface area contributed by atoms with E-state index in [0.29, 0.717) is 18.7 Å². The van der Waals surface area contributed by atoms with E-state index in [1.165, 1.54) is 0 Å². The van der Waals surface area contributed by atoms with E-state index in [4.69, 9.17) is 4.74 Å². The fourth-order valence-corrected chi connectivity index (χ4v) is 1.61. The van der Waals surface area contributed by atoms with Crippen LogP contribution >= 0.6 is 15.9 Å². The van der Waals surface area contributed by atoms with Gasteiger partial charge in [-0.2, -0.15) is 0 Å². The predicted molar refractivity (Wildman–Crippen MR) is 62.9 cm³/mol. The Labute approximate surface area is 97.9 Å². The van der Waals surface area contributed by atoms with Crippen molar-refractivity contribution in [1.29, 1.82) is 0 Å². The van der Waals surface area contributed by atoms with Gasteiger partial charge in [0.25, 0.3) is 5.91 Å². The Morgan fingerprint density at radius 3 is 2.87 bits per heavy atom. The van der Waals surface area contributed by atoms with Crippen LogP contribution in [0.4, 0.5) is 0 Å². The summed E-state index contributed by atoms with van der Waals surface area (Å²) in [5, 5.41) is 2.76. The monoisotopic (exact) mass is 271 g/mol. The van der Waals surface area contributed by atoms with Crippen LogP contribution in [0.25, 0.3) is 0 Å². The molecular weight excluding hydrogens is 258 g/mol. The Bertz CT molecular complexity index is 352. The number of methoxy groups -OCH3 is 1. The maximum atomic E-state index is 11.5. The summed E-state index contributed by atoms with van der Waals surface area (Å²) in [6.07, 6.45) is 0. The van der Waals surface area contributed by atoms with Gasteiger partial charge in [0.15, 0.2) is 0 Å². The van der Waals surface area contributed by atoms with Crippen molar-refractivity contribution in [2.24, 2.45) is 0 Å². The zero-order chi connectivity index (χ0) is 11.3. The third-order valence-corrected chi connectivity index (χ3v) is 2.72. The summed E-state index contributed by atoms with van der Waals surface area (Å²) in [4.78, 5) is 11.5. The van der Waals surface area contributed by atoms with Crippen LogP contribution in [-0.2, 0) is 11.3 Å². The fourth-order valence-electron chi connectivity index (χ4n) is 1.24. The summed E-state index contributed by atoms with van der Waals surface area (Å²) in [6, 6.07) is 5.48. The molecule has 1 aromatic rings. The Morgan fingerprint density at radius 2 is 2.27 bits per heavy atom. The number of carbonyl (C=O) groups excluding carboxylic acids is 1. The number of hydrogen-bond donors (Lipinski definition) is 1. The lowest BCUT2D eigenvalue weighted by molar-refractivity contribution is 0.0955. The molecule has 1 amide bonds. The van der Waals surface area contributed by atoms with Gasteiger partial charge >= 0.3 is 0 Å². The lowest BCUT2D eigenvalue weighted by atomic mass is 10.1. The summed E-state index contributed by atoms with van der Waals surface area (Å²) in [5.74, 6) is -0.0534. The van der Waals surface area contributed by atoms with E-state index in [-0.39, 0.29) is 5.91 Å². The minimum Gasteiger partial charge on any atom is -0.380 e. The van der Waals surface area contributed by atoms with E-state index in [9.17, 15) is 4.79 Å². The summed E-state index contributed by atoms with van der Waals surface area (Å²) in [6.45, 7) is 3.02. The minimum absolute atomic E-state index is 0.0534. The van der Waals surface area contributed by atoms with E-state index in [2.05, 4.69) is 21.2 Å². The molecule has 0 spiro atoms. The van der Waals surface area contributed by atoms with Gasteiger partial charge < -0.3 is 10.1 Å². The van der Waals surface area contributed by atoms with Gasteiger partial charge in [-0.1, -0.05) is 15.9 Å². The van der Waals surface area contributed by atoms with Gasteiger partial charge in [-0.05, 0) is 30.7 Å². The van der Waals surface area contributed by atoms with E-state index in [0.717, 1.165) is 10.0 Å². The molecule has 0 radical (unpaired) electrons. The molecule has 1 rings (SSSR count). The highest BCUT2D eigenvalue weighted by molar-refractivity contribution is 9.10. The third kappa shape index (κ3) is 3.32. The molecule has 4 heteroatoms. The van der Waals surface area contributed by atoms with Crippen LogP contribution in [0.15, 0.2) is 22.7 Å². The van der Waals surface area contributed by atoms with Gasteiger partial charge in [0.05, 0.1) is 6.61 Å². The zero-order valence-corrected chi connectivity index (χ0v) is 10.4. The van der Waals surface area contributed by atoms with E-state index >= 15 is 0 Å². The van der Waals surface area contributed by atoms with Crippen LogP contribution in [0.3, 0.4) is 0 Å². The number of halogens is 1. The molecule has 82 valence electrons. The summed E-state index contributed by atoms with van der Waals surface area (Å²) < 4.78 is 6.00. The normalized spacial score (nSPS) is 10.1. The van der Waals surface area contributed by atoms with Gasteiger partial charge in [-0.25, -0.2) is 0 Å². The number of nitrogens with one attached hydrogen (secondary N) is 1. The molecule has 0 aromatic heterocycles. The van der Waals surface area contributed by atoms with Crippen LogP contribution in [0.2, 0.25) is 0 Å². The highest BCUT2D eigenvalue weighted by Gasteiger charge is 2.07. The molecule has 1 N–H and O–H groups in total. The predicted octanol–water partition coefficient (Wildman–Crippen LogP) is 2.35. The second-order valence-electron chi connectivity index (χ2n) is 3.10. The maximum Gasteiger partial charge on any atom is 0.251 e. The SMILES string of the molecule is CCNC(=O)c1ccc(Br)c(COC)c1. The molecule has 0 fully saturated rings. The first kappa shape index (κ1) is 12.2. The van der Waals surface area contributed by atoms with E-state index < -0.39 is 0 Å². The summed E-state index contributed by atoms with van der Waals surface area (Å²) >= 11 is 3.41. The number of amides is 1. The largest absolute Gasteiger partial charge is 0.380 e. The van der Waals surface area contributed by atoms with Crippen LogP contribution < -0.4 is 5.32 Å². The van der Waals surface area contributed by atoms with E-state index in [1.807, 2.05) is 19.1 Å². The highest BCUT2D eigenvalue weighted by Crippen LogP contribution is 2.19. The van der Waals surface area contributed by atoms with Gasteiger partial charge in [0.1, 0.15) is 0 Å². The molecule has 0 saturated heterocycles. The average Bonchev–Trinajstić information content (AvgIpc) is 2.22. The van der Waals surface area contributed by atoms with Crippen LogP contribution in [-0.4, -0.2) is 19.6 Å². The van der Waals surface area contributed by atoms with Crippen molar-refractivity contribution in [3.63, 3.8) is 0 Å². The fraction of sp³-hybridized carbons (Fsp3) is 0.364. The average molecular weight is 272 g/mol. The number of rotatable bonds is 4. The summed E-state index contributed by atoms with van der Waals surface area (Å²) in [5.41, 5.74) is 1.63. The second kappa shape index (κ2) is 5.88. The van der Waals surface area contributed by atoms with Crippen molar-refractivity contribution in [3.8, 4) is 0 Å². The number of carbonyl (C=O) groups is 1. The second-order valence-corrected chi connectivity index (χ2v) is 3.95. The van der Waals surface area contributed by atoms with Gasteiger partial charge in [0, 0.05) is 23.7 Å². The molecule has 0 atom stereocenters. The number of ether oxygens (including phenoxy) is 1. The van der Waals surface area contributed by atoms with Crippen molar-refractivity contribution >= 4 is 21.8 Å². The number of hydrogen-bond acceptors (Lipinski definition) is 2. The quantitative estimate of drug-likeness (QED) is 0.913. The van der Waals surface area contributed by atoms with Crippen LogP contribution in [0.1, 0.15) is 22.8 Å². The minimum atomic E-state index is -0.0534. The lowest BCUT2D eigenvalue weighted by Gasteiger charge is -2.07. The van der Waals surface area contributed by atoms with Crippen LogP contribution in [0.5, 0.6) is 0 Å². The third-order valence-electron chi connectivity index (χ3n) is 1.95. The Balaban J connectivity index is 2.91. The molecular formula is C11H14BrNO2. The maximum absolute atomic E-state index is 11.5. The molecule has 15 heavy (non-hydrogen) atoms. The van der Waals surface area contributed by atoms with Gasteiger partial charge in [0.2, 0.25) is 0 Å². The van der Waals surface area contributed by atoms with Gasteiger partial charge in [-0.3, -0.25) is 4.79 Å². The van der Waals surface area contributed by atoms with Crippen molar-refractivity contribution in [2.45, 2.75) is 13.5 Å². The smallest absolute Gasteiger partial charge is 0.251 e. The molecule has 0 heterocycles. The van der Waals surface area contributed by atoms with Crippen molar-refractivity contribution in [2.75, 3.05) is 13.7 Å². The molecule has 0 saturated carbocycles. The molecule has 0 aliphatic heterocycles. The number of benzene rings is 1. The van der Waals surface area contributed by atoms with Crippen molar-refractivity contribution in [1.82, 2.24) is 5.32 Å². The molecule has 3 nitrogen and oxygen atoms in total. The first-order valence-corrected chi connectivity index (χ1v) is 5.54. The summed E-state index contributed by atoms with van der Waals surface area (Å²) in [7, 11) is 1.63. The molecule has 0 aliphatic rings. The molecule has 0 aliphatic carbocycles. The molecule has 0 unspecified atom stereocenters. The van der Waals surface area contributed by atoms with E-state index in [1.54, 1.807) is 13.2 Å². The van der Waals surface area contributed by atoms with Crippen molar-refractivity contribution < 1.29 is 9.53 Å². The van der Waals surface area contributed by atoms with Crippen molar-refractivity contribution in [3.05, 3.63) is 33.8 Å². The first-order valence-electron chi connectivity index (χ1n) is 4.74. The topological polar surface area (TPSA) is 38.3 Å². The molecule has 1 aromatic carbocycles. The Kier molecular flexibility index (Phi) is 4.78. The Hall–Kier alpha value is -0.870. The standard InChI is InChI=1S/C11H14BrNO2/c1-3-13-11(14)8-4-5-10(12)9(6-8)7-15-2/h4-6H,3,7H2,1-2H3,(H,13,14). The van der Waals surface area contributed by atoms with Crippen LogP contribution in [0, 0.1) is 0 Å². The Morgan fingerprint density at radius 1 is 1.53 bits per heavy atom. The lowest BCUT2D eigenvalue weighted by Crippen LogP contribution is -2.22. The first-order chi connectivity index (χ1) is 7.19. The molecule has 0 bridgehead atoms. The highest BCUT2D eigenvalue weighted by atomic mass is 79.9.